The average Bonchev–Trinajstić information content (AvgIpc) is 2.79. The summed E-state index contributed by atoms with van der Waals surface area (Å²) in [6.07, 6.45) is 2.99. The number of hydrogen-bond donors (Lipinski definition) is 2. The van der Waals surface area contributed by atoms with Crippen molar-refractivity contribution in [2.24, 2.45) is 0 Å². The van der Waals surface area contributed by atoms with Crippen molar-refractivity contribution in [1.29, 1.82) is 0 Å². The molecule has 3 rings (SSSR count). The van der Waals surface area contributed by atoms with E-state index in [-0.39, 0.29) is 6.10 Å². The molecule has 0 amide bonds. The van der Waals surface area contributed by atoms with Crippen molar-refractivity contribution in [3.8, 4) is 0 Å². The van der Waals surface area contributed by atoms with Crippen LogP contribution in [0, 0.1) is 0 Å². The maximum absolute atomic E-state index is 5.68. The van der Waals surface area contributed by atoms with E-state index >= 15 is 0 Å². The molecule has 1 aliphatic rings. The summed E-state index contributed by atoms with van der Waals surface area (Å²) in [6.45, 7) is 4.66. The Morgan fingerprint density at radius 3 is 3.21 bits per heavy atom. The molecule has 102 valence electrons. The summed E-state index contributed by atoms with van der Waals surface area (Å²) in [7, 11) is 1.81. The van der Waals surface area contributed by atoms with Crippen molar-refractivity contribution in [3.05, 3.63) is 6.20 Å². The molecule has 7 heteroatoms. The Morgan fingerprint density at radius 1 is 1.47 bits per heavy atom. The molecule has 1 atom stereocenters. The second kappa shape index (κ2) is 5.00. The molecular formula is C12H18N6O. The standard InChI is InChI=1S/C12H18N6O/c1-8-7-18(4-3-5-19-8)11-9-6-14-17-10(9)15-12(13-2)16-11/h6,8H,3-5,7H2,1-2H3,(H2,13,14,15,16,17). The van der Waals surface area contributed by atoms with Crippen molar-refractivity contribution in [2.75, 3.05) is 37.0 Å². The van der Waals surface area contributed by atoms with E-state index in [2.05, 4.69) is 37.3 Å². The maximum Gasteiger partial charge on any atom is 0.226 e. The largest absolute Gasteiger partial charge is 0.377 e. The van der Waals surface area contributed by atoms with Crippen LogP contribution in [0.5, 0.6) is 0 Å². The summed E-state index contributed by atoms with van der Waals surface area (Å²) in [5.74, 6) is 1.52. The highest BCUT2D eigenvalue weighted by Gasteiger charge is 2.20. The van der Waals surface area contributed by atoms with Gasteiger partial charge in [0.05, 0.1) is 17.7 Å². The average molecular weight is 262 g/mol. The van der Waals surface area contributed by atoms with E-state index in [4.69, 9.17) is 4.74 Å². The van der Waals surface area contributed by atoms with E-state index in [1.807, 2.05) is 7.05 Å². The van der Waals surface area contributed by atoms with Crippen molar-refractivity contribution < 1.29 is 4.74 Å². The Hall–Kier alpha value is -1.89. The van der Waals surface area contributed by atoms with Crippen LogP contribution in [0.3, 0.4) is 0 Å². The van der Waals surface area contributed by atoms with E-state index in [9.17, 15) is 0 Å². The number of H-pyrrole nitrogens is 1. The number of aromatic amines is 1. The van der Waals surface area contributed by atoms with Crippen LogP contribution in [0.25, 0.3) is 11.0 Å². The molecule has 0 bridgehead atoms. The number of anilines is 2. The summed E-state index contributed by atoms with van der Waals surface area (Å²) in [5, 5.41) is 10.9. The Kier molecular flexibility index (Phi) is 3.20. The molecule has 1 saturated heterocycles. The van der Waals surface area contributed by atoms with Crippen molar-refractivity contribution >= 4 is 22.8 Å². The van der Waals surface area contributed by atoms with Gasteiger partial charge >= 0.3 is 0 Å². The van der Waals surface area contributed by atoms with E-state index in [0.717, 1.165) is 43.0 Å². The fourth-order valence-corrected chi connectivity index (χ4v) is 2.36. The molecule has 0 saturated carbocycles. The number of ether oxygens (including phenoxy) is 1. The summed E-state index contributed by atoms with van der Waals surface area (Å²) in [6, 6.07) is 0. The summed E-state index contributed by atoms with van der Waals surface area (Å²) >= 11 is 0. The smallest absolute Gasteiger partial charge is 0.226 e. The molecule has 1 aliphatic heterocycles. The minimum Gasteiger partial charge on any atom is -0.377 e. The van der Waals surface area contributed by atoms with Gasteiger partial charge in [-0.15, -0.1) is 0 Å². The third-order valence-corrected chi connectivity index (χ3v) is 3.27. The predicted octanol–water partition coefficient (Wildman–Crippen LogP) is 1.01. The first kappa shape index (κ1) is 12.2. The highest BCUT2D eigenvalue weighted by atomic mass is 16.5. The summed E-state index contributed by atoms with van der Waals surface area (Å²) in [5.41, 5.74) is 0.757. The fraction of sp³-hybridized carbons (Fsp3) is 0.583. The molecule has 1 fully saturated rings. The lowest BCUT2D eigenvalue weighted by Gasteiger charge is -2.23. The molecule has 0 spiro atoms. The first-order valence-corrected chi connectivity index (χ1v) is 6.53. The molecule has 7 nitrogen and oxygen atoms in total. The normalized spacial score (nSPS) is 20.5. The van der Waals surface area contributed by atoms with Crippen molar-refractivity contribution in [2.45, 2.75) is 19.4 Å². The van der Waals surface area contributed by atoms with Crippen LogP contribution in [0.15, 0.2) is 6.20 Å². The van der Waals surface area contributed by atoms with E-state index in [0.29, 0.717) is 5.95 Å². The first-order chi connectivity index (χ1) is 9.28. The van der Waals surface area contributed by atoms with Crippen molar-refractivity contribution in [1.82, 2.24) is 20.2 Å². The topological polar surface area (TPSA) is 79.0 Å². The molecule has 2 N–H and O–H groups in total. The van der Waals surface area contributed by atoms with E-state index < -0.39 is 0 Å². The van der Waals surface area contributed by atoms with Gasteiger partial charge in [0, 0.05) is 26.7 Å². The zero-order valence-electron chi connectivity index (χ0n) is 11.2. The van der Waals surface area contributed by atoms with Gasteiger partial charge in [-0.1, -0.05) is 0 Å². The minimum atomic E-state index is 0.206. The first-order valence-electron chi connectivity index (χ1n) is 6.53. The van der Waals surface area contributed by atoms with Gasteiger partial charge in [-0.05, 0) is 13.3 Å². The van der Waals surface area contributed by atoms with Gasteiger partial charge in [0.2, 0.25) is 5.95 Å². The minimum absolute atomic E-state index is 0.206. The summed E-state index contributed by atoms with van der Waals surface area (Å²) < 4.78 is 5.68. The van der Waals surface area contributed by atoms with Crippen LogP contribution in [-0.4, -0.2) is 53.0 Å². The lowest BCUT2D eigenvalue weighted by molar-refractivity contribution is 0.0820. The van der Waals surface area contributed by atoms with Gasteiger partial charge in [0.25, 0.3) is 0 Å². The third-order valence-electron chi connectivity index (χ3n) is 3.27. The number of nitrogens with one attached hydrogen (secondary N) is 2. The Bertz CT molecular complexity index is 568. The quantitative estimate of drug-likeness (QED) is 0.841. The van der Waals surface area contributed by atoms with Gasteiger partial charge in [0.15, 0.2) is 5.65 Å². The molecular weight excluding hydrogens is 244 g/mol. The fourth-order valence-electron chi connectivity index (χ4n) is 2.36. The van der Waals surface area contributed by atoms with Crippen LogP contribution < -0.4 is 10.2 Å². The highest BCUT2D eigenvalue weighted by molar-refractivity contribution is 5.87. The number of rotatable bonds is 2. The van der Waals surface area contributed by atoms with Crippen LogP contribution >= 0.6 is 0 Å². The van der Waals surface area contributed by atoms with Crippen LogP contribution in [-0.2, 0) is 4.74 Å². The molecule has 0 radical (unpaired) electrons. The molecule has 19 heavy (non-hydrogen) atoms. The molecule has 2 aromatic rings. The summed E-state index contributed by atoms with van der Waals surface area (Å²) in [4.78, 5) is 11.2. The monoisotopic (exact) mass is 262 g/mol. The van der Waals surface area contributed by atoms with Crippen LogP contribution in [0.1, 0.15) is 13.3 Å². The lowest BCUT2D eigenvalue weighted by atomic mass is 10.3. The second-order valence-corrected chi connectivity index (χ2v) is 4.73. The Morgan fingerprint density at radius 2 is 2.37 bits per heavy atom. The molecule has 3 heterocycles. The number of hydrogen-bond acceptors (Lipinski definition) is 6. The van der Waals surface area contributed by atoms with Crippen LogP contribution in [0.4, 0.5) is 11.8 Å². The molecule has 2 aromatic heterocycles. The molecule has 0 aliphatic carbocycles. The number of fused-ring (bicyclic) bond motifs is 1. The van der Waals surface area contributed by atoms with E-state index in [1.165, 1.54) is 0 Å². The van der Waals surface area contributed by atoms with Gasteiger partial charge in [-0.2, -0.15) is 15.1 Å². The lowest BCUT2D eigenvalue weighted by Crippen LogP contribution is -2.31. The second-order valence-electron chi connectivity index (χ2n) is 4.73. The van der Waals surface area contributed by atoms with Gasteiger partial charge in [-0.25, -0.2) is 0 Å². The predicted molar refractivity (Wildman–Crippen MR) is 73.5 cm³/mol. The zero-order chi connectivity index (χ0) is 13.2. The van der Waals surface area contributed by atoms with Crippen LogP contribution in [0.2, 0.25) is 0 Å². The SMILES string of the molecule is CNc1nc(N2CCCOC(C)C2)c2cn[nH]c2n1. The highest BCUT2D eigenvalue weighted by Crippen LogP contribution is 2.25. The van der Waals surface area contributed by atoms with Gasteiger partial charge < -0.3 is 15.0 Å². The maximum atomic E-state index is 5.68. The van der Waals surface area contributed by atoms with Crippen molar-refractivity contribution in [3.63, 3.8) is 0 Å². The number of nitrogens with zero attached hydrogens (tertiary/aromatic N) is 4. The number of aromatic nitrogens is 4. The van der Waals surface area contributed by atoms with Gasteiger partial charge in [-0.3, -0.25) is 5.10 Å². The Labute approximate surface area is 111 Å². The van der Waals surface area contributed by atoms with E-state index in [1.54, 1.807) is 6.20 Å². The molecule has 1 unspecified atom stereocenters. The van der Waals surface area contributed by atoms with Gasteiger partial charge in [0.1, 0.15) is 5.82 Å². The Balaban J connectivity index is 2.04. The zero-order valence-corrected chi connectivity index (χ0v) is 11.2. The molecule has 0 aromatic carbocycles. The third kappa shape index (κ3) is 2.33.